The summed E-state index contributed by atoms with van der Waals surface area (Å²) in [7, 11) is -3.95. The average molecular weight is 370 g/mol. The number of aromatic carboxylic acids is 1. The third-order valence-corrected chi connectivity index (χ3v) is 6.55. The van der Waals surface area contributed by atoms with Crippen LogP contribution in [0.15, 0.2) is 33.9 Å². The van der Waals surface area contributed by atoms with Crippen molar-refractivity contribution in [1.82, 2.24) is 0 Å². The van der Waals surface area contributed by atoms with Crippen LogP contribution in [0.4, 0.5) is 15.8 Å². The molecule has 0 atom stereocenters. The maximum Gasteiger partial charge on any atom is 0.336 e. The average Bonchev–Trinajstić information content (AvgIpc) is 3.19. The van der Waals surface area contributed by atoms with E-state index in [1.807, 2.05) is 4.90 Å². The summed E-state index contributed by atoms with van der Waals surface area (Å²) in [5.41, 5.74) is 0.455. The van der Waals surface area contributed by atoms with Crippen molar-refractivity contribution in [2.24, 2.45) is 0 Å². The number of sulfonamides is 1. The van der Waals surface area contributed by atoms with Gasteiger partial charge in [-0.25, -0.2) is 17.6 Å². The molecule has 24 heavy (non-hydrogen) atoms. The van der Waals surface area contributed by atoms with Gasteiger partial charge in [0.25, 0.3) is 10.0 Å². The molecule has 0 aliphatic carbocycles. The number of carboxylic acids is 1. The van der Waals surface area contributed by atoms with Crippen LogP contribution in [0.5, 0.6) is 0 Å². The molecule has 9 heteroatoms. The van der Waals surface area contributed by atoms with Gasteiger partial charge in [0.2, 0.25) is 0 Å². The van der Waals surface area contributed by atoms with Crippen LogP contribution in [-0.2, 0) is 10.0 Å². The Morgan fingerprint density at radius 2 is 1.96 bits per heavy atom. The number of nitrogens with zero attached hydrogens (tertiary/aromatic N) is 1. The topological polar surface area (TPSA) is 86.7 Å². The molecule has 2 heterocycles. The number of hydrogen-bond donors (Lipinski definition) is 2. The molecular weight excluding hydrogens is 355 g/mol. The van der Waals surface area contributed by atoms with Gasteiger partial charge in [-0.2, -0.15) is 0 Å². The van der Waals surface area contributed by atoms with E-state index in [1.165, 1.54) is 11.4 Å². The minimum absolute atomic E-state index is 0.0979. The Bertz CT molecular complexity index is 873. The lowest BCUT2D eigenvalue weighted by molar-refractivity contribution is 0.0697. The first-order valence-electron chi connectivity index (χ1n) is 7.26. The molecule has 1 fully saturated rings. The van der Waals surface area contributed by atoms with Crippen LogP contribution in [0.2, 0.25) is 0 Å². The zero-order valence-electron chi connectivity index (χ0n) is 12.5. The number of benzene rings is 1. The van der Waals surface area contributed by atoms with Crippen LogP contribution in [0.3, 0.4) is 0 Å². The molecule has 0 unspecified atom stereocenters. The van der Waals surface area contributed by atoms with Gasteiger partial charge < -0.3 is 10.0 Å². The van der Waals surface area contributed by atoms with Gasteiger partial charge in [-0.3, -0.25) is 4.72 Å². The lowest BCUT2D eigenvalue weighted by atomic mass is 10.2. The number of carboxylic acid groups (broad SMARTS) is 1. The highest BCUT2D eigenvalue weighted by molar-refractivity contribution is 7.94. The summed E-state index contributed by atoms with van der Waals surface area (Å²) in [4.78, 5) is 12.8. The van der Waals surface area contributed by atoms with Crippen molar-refractivity contribution < 1.29 is 22.7 Å². The summed E-state index contributed by atoms with van der Waals surface area (Å²) < 4.78 is 40.9. The van der Waals surface area contributed by atoms with E-state index in [0.29, 0.717) is 5.69 Å². The number of halogens is 1. The van der Waals surface area contributed by atoms with E-state index >= 15 is 0 Å². The standard InChI is InChI=1S/C15H15FN2O4S2/c16-12-8-11(3-4-13(12)18-5-1-2-6-18)17-24(21,22)14-7-10(9-23-14)15(19)20/h3-4,7-9,17H,1-2,5-6H2,(H,19,20). The van der Waals surface area contributed by atoms with Crippen molar-refractivity contribution in [3.63, 3.8) is 0 Å². The van der Waals surface area contributed by atoms with Crippen LogP contribution in [0.1, 0.15) is 23.2 Å². The third kappa shape index (κ3) is 3.36. The molecule has 0 bridgehead atoms. The molecule has 0 spiro atoms. The van der Waals surface area contributed by atoms with Gasteiger partial charge in [-0.15, -0.1) is 11.3 Å². The fraction of sp³-hybridized carbons (Fsp3) is 0.267. The number of hydrogen-bond acceptors (Lipinski definition) is 5. The minimum Gasteiger partial charge on any atom is -0.478 e. The number of rotatable bonds is 5. The summed E-state index contributed by atoms with van der Waals surface area (Å²) in [6.07, 6.45) is 2.02. The van der Waals surface area contributed by atoms with E-state index in [1.54, 1.807) is 6.07 Å². The first-order chi connectivity index (χ1) is 11.4. The summed E-state index contributed by atoms with van der Waals surface area (Å²) in [6, 6.07) is 5.26. The predicted octanol–water partition coefficient (Wildman–Crippen LogP) is 2.99. The molecule has 1 aliphatic heterocycles. The van der Waals surface area contributed by atoms with E-state index in [9.17, 15) is 17.6 Å². The lowest BCUT2D eigenvalue weighted by Gasteiger charge is -2.19. The monoisotopic (exact) mass is 370 g/mol. The lowest BCUT2D eigenvalue weighted by Crippen LogP contribution is -2.19. The number of carbonyl (C=O) groups is 1. The Labute approximate surface area is 142 Å². The summed E-state index contributed by atoms with van der Waals surface area (Å²) in [5, 5.41) is 10.1. The Kier molecular flexibility index (Phi) is 4.46. The maximum atomic E-state index is 14.2. The molecule has 0 amide bonds. The predicted molar refractivity (Wildman–Crippen MR) is 89.9 cm³/mol. The van der Waals surface area contributed by atoms with E-state index in [0.717, 1.165) is 49.4 Å². The molecule has 6 nitrogen and oxygen atoms in total. The zero-order chi connectivity index (χ0) is 17.3. The van der Waals surface area contributed by atoms with Crippen molar-refractivity contribution >= 4 is 38.7 Å². The smallest absolute Gasteiger partial charge is 0.336 e. The normalized spacial score (nSPS) is 14.8. The van der Waals surface area contributed by atoms with Gasteiger partial charge in [0, 0.05) is 24.5 Å². The molecule has 1 aliphatic rings. The molecule has 1 aromatic heterocycles. The van der Waals surface area contributed by atoms with Crippen molar-refractivity contribution in [1.29, 1.82) is 0 Å². The molecule has 0 radical (unpaired) electrons. The van der Waals surface area contributed by atoms with Gasteiger partial charge in [-0.05, 0) is 31.0 Å². The highest BCUT2D eigenvalue weighted by Crippen LogP contribution is 2.28. The van der Waals surface area contributed by atoms with E-state index < -0.39 is 21.8 Å². The van der Waals surface area contributed by atoms with E-state index in [2.05, 4.69) is 4.72 Å². The Hall–Kier alpha value is -2.13. The summed E-state index contributed by atoms with van der Waals surface area (Å²) in [6.45, 7) is 1.57. The highest BCUT2D eigenvalue weighted by atomic mass is 32.2. The maximum absolute atomic E-state index is 14.2. The van der Waals surface area contributed by atoms with Crippen LogP contribution in [-0.4, -0.2) is 32.6 Å². The van der Waals surface area contributed by atoms with Crippen LogP contribution in [0, 0.1) is 5.82 Å². The van der Waals surface area contributed by atoms with E-state index in [-0.39, 0.29) is 15.5 Å². The molecule has 128 valence electrons. The second-order valence-electron chi connectivity index (χ2n) is 5.43. The van der Waals surface area contributed by atoms with Crippen LogP contribution < -0.4 is 9.62 Å². The molecule has 1 saturated heterocycles. The Morgan fingerprint density at radius 3 is 2.54 bits per heavy atom. The van der Waals surface area contributed by atoms with Gasteiger partial charge in [0.05, 0.1) is 16.9 Å². The molecule has 1 aromatic carbocycles. The molecule has 0 saturated carbocycles. The fourth-order valence-electron chi connectivity index (χ4n) is 2.56. The molecule has 2 aromatic rings. The zero-order valence-corrected chi connectivity index (χ0v) is 14.2. The SMILES string of the molecule is O=C(O)c1csc(S(=O)(=O)Nc2ccc(N3CCCC3)c(F)c2)c1. The van der Waals surface area contributed by atoms with Gasteiger partial charge in [-0.1, -0.05) is 0 Å². The van der Waals surface area contributed by atoms with Crippen molar-refractivity contribution in [3.8, 4) is 0 Å². The van der Waals surface area contributed by atoms with Gasteiger partial charge in [0.1, 0.15) is 10.0 Å². The van der Waals surface area contributed by atoms with E-state index in [4.69, 9.17) is 5.11 Å². The molecule has 2 N–H and O–H groups in total. The van der Waals surface area contributed by atoms with Crippen LogP contribution >= 0.6 is 11.3 Å². The largest absolute Gasteiger partial charge is 0.478 e. The minimum atomic E-state index is -3.95. The first kappa shape index (κ1) is 16.7. The molecule has 3 rings (SSSR count). The van der Waals surface area contributed by atoms with Crippen molar-refractivity contribution in [2.45, 2.75) is 17.1 Å². The second-order valence-corrected chi connectivity index (χ2v) is 8.25. The number of anilines is 2. The quantitative estimate of drug-likeness (QED) is 0.845. The first-order valence-corrected chi connectivity index (χ1v) is 9.62. The fourth-order valence-corrected chi connectivity index (χ4v) is 4.76. The van der Waals surface area contributed by atoms with Crippen LogP contribution in [0.25, 0.3) is 0 Å². The Morgan fingerprint density at radius 1 is 1.25 bits per heavy atom. The molecular formula is C15H15FN2O4S2. The third-order valence-electron chi connectivity index (χ3n) is 3.73. The van der Waals surface area contributed by atoms with Crippen molar-refractivity contribution in [2.75, 3.05) is 22.7 Å². The van der Waals surface area contributed by atoms with Gasteiger partial charge >= 0.3 is 5.97 Å². The van der Waals surface area contributed by atoms with Gasteiger partial charge in [0.15, 0.2) is 0 Å². The number of nitrogens with one attached hydrogen (secondary N) is 1. The Balaban J connectivity index is 1.81. The van der Waals surface area contributed by atoms with Crippen molar-refractivity contribution in [3.05, 3.63) is 41.0 Å². The summed E-state index contributed by atoms with van der Waals surface area (Å²) >= 11 is 0.799. The highest BCUT2D eigenvalue weighted by Gasteiger charge is 2.21. The number of thiophene rings is 1. The second kappa shape index (κ2) is 6.40. The summed E-state index contributed by atoms with van der Waals surface area (Å²) in [5.74, 6) is -1.69.